The number of fused-ring (bicyclic) bond motifs is 2. The van der Waals surface area contributed by atoms with E-state index in [1.165, 1.54) is 5.56 Å². The van der Waals surface area contributed by atoms with Gasteiger partial charge in [0.05, 0.1) is 5.52 Å². The molecule has 4 rings (SSSR count). The van der Waals surface area contributed by atoms with E-state index in [1.54, 1.807) is 0 Å². The molecule has 0 bridgehead atoms. The molecule has 0 spiro atoms. The third kappa shape index (κ3) is 2.33. The lowest BCUT2D eigenvalue weighted by Crippen LogP contribution is -2.33. The van der Waals surface area contributed by atoms with Crippen LogP contribution in [0.4, 0.5) is 5.82 Å². The highest BCUT2D eigenvalue weighted by molar-refractivity contribution is 5.83. The Balaban J connectivity index is 2.02. The summed E-state index contributed by atoms with van der Waals surface area (Å²) in [7, 11) is 2.09. The van der Waals surface area contributed by atoms with Gasteiger partial charge in [0.1, 0.15) is 5.82 Å². The van der Waals surface area contributed by atoms with Crippen molar-refractivity contribution in [3.63, 3.8) is 0 Å². The number of para-hydroxylation sites is 1. The van der Waals surface area contributed by atoms with Crippen LogP contribution in [-0.2, 0) is 13.0 Å². The van der Waals surface area contributed by atoms with Crippen molar-refractivity contribution in [2.75, 3.05) is 18.5 Å². The van der Waals surface area contributed by atoms with Crippen molar-refractivity contribution in [1.29, 1.82) is 0 Å². The summed E-state index contributed by atoms with van der Waals surface area (Å²) in [6, 6.07) is 18.4. The molecule has 0 atom stereocenters. The van der Waals surface area contributed by atoms with Crippen molar-refractivity contribution in [3.05, 3.63) is 75.9 Å². The summed E-state index contributed by atoms with van der Waals surface area (Å²) in [5.74, 6) is 1.09. The number of hydrogen-bond acceptors (Lipinski definition) is 2. The monoisotopic (exact) mass is 304 g/mol. The maximum absolute atomic E-state index is 12.9. The second kappa shape index (κ2) is 5.58. The zero-order valence-electron chi connectivity index (χ0n) is 13.3. The standard InChI is InChI=1S/C20H20N2O/c1-21-13-7-11-17-19(23)16-10-5-6-12-18(16)22(20(17)21)14-15-8-3-2-4-9-15/h2-6,8-10,12H,7,11,13-14H2,1H3. The molecule has 3 aromatic rings. The molecule has 0 unspecified atom stereocenters. The summed E-state index contributed by atoms with van der Waals surface area (Å²) >= 11 is 0. The number of pyridine rings is 1. The predicted molar refractivity (Wildman–Crippen MR) is 95.3 cm³/mol. The number of aromatic nitrogens is 1. The molecule has 0 saturated carbocycles. The van der Waals surface area contributed by atoms with Gasteiger partial charge in [0, 0.05) is 31.1 Å². The third-order valence-electron chi connectivity index (χ3n) is 4.70. The number of hydrogen-bond donors (Lipinski definition) is 0. The number of anilines is 1. The highest BCUT2D eigenvalue weighted by Gasteiger charge is 2.22. The van der Waals surface area contributed by atoms with Crippen molar-refractivity contribution in [2.45, 2.75) is 19.4 Å². The quantitative estimate of drug-likeness (QED) is 0.725. The molecule has 23 heavy (non-hydrogen) atoms. The van der Waals surface area contributed by atoms with E-state index < -0.39 is 0 Å². The fraction of sp³-hybridized carbons (Fsp3) is 0.250. The fourth-order valence-corrected chi connectivity index (χ4v) is 3.63. The van der Waals surface area contributed by atoms with Gasteiger partial charge < -0.3 is 9.47 Å². The smallest absolute Gasteiger partial charge is 0.194 e. The third-order valence-corrected chi connectivity index (χ3v) is 4.70. The van der Waals surface area contributed by atoms with Crippen LogP contribution in [0.5, 0.6) is 0 Å². The van der Waals surface area contributed by atoms with E-state index in [-0.39, 0.29) is 5.43 Å². The number of nitrogens with zero attached hydrogens (tertiary/aromatic N) is 2. The maximum atomic E-state index is 12.9. The molecular weight excluding hydrogens is 284 g/mol. The van der Waals surface area contributed by atoms with E-state index in [0.717, 1.165) is 48.2 Å². The van der Waals surface area contributed by atoms with Crippen LogP contribution in [0.25, 0.3) is 10.9 Å². The minimum absolute atomic E-state index is 0.200. The molecule has 116 valence electrons. The van der Waals surface area contributed by atoms with Crippen molar-refractivity contribution in [1.82, 2.24) is 4.57 Å². The second-order valence-electron chi connectivity index (χ2n) is 6.25. The van der Waals surface area contributed by atoms with Gasteiger partial charge in [-0.05, 0) is 30.5 Å². The number of rotatable bonds is 2. The molecule has 0 radical (unpaired) electrons. The molecule has 2 aromatic carbocycles. The average Bonchev–Trinajstić information content (AvgIpc) is 2.60. The molecule has 0 N–H and O–H groups in total. The minimum Gasteiger partial charge on any atom is -0.361 e. The summed E-state index contributed by atoms with van der Waals surface area (Å²) in [5, 5.41) is 0.831. The van der Waals surface area contributed by atoms with E-state index in [0.29, 0.717) is 0 Å². The lowest BCUT2D eigenvalue weighted by molar-refractivity contribution is 0.684. The highest BCUT2D eigenvalue weighted by Crippen LogP contribution is 2.28. The van der Waals surface area contributed by atoms with Gasteiger partial charge in [-0.25, -0.2) is 0 Å². The van der Waals surface area contributed by atoms with Crippen LogP contribution in [0.2, 0.25) is 0 Å². The van der Waals surface area contributed by atoms with E-state index in [2.05, 4.69) is 46.8 Å². The summed E-state index contributed by atoms with van der Waals surface area (Å²) in [4.78, 5) is 15.1. The molecule has 1 aromatic heterocycles. The largest absolute Gasteiger partial charge is 0.361 e. The van der Waals surface area contributed by atoms with Crippen molar-refractivity contribution in [3.8, 4) is 0 Å². The van der Waals surface area contributed by atoms with Crippen molar-refractivity contribution in [2.24, 2.45) is 0 Å². The zero-order chi connectivity index (χ0) is 15.8. The first-order valence-corrected chi connectivity index (χ1v) is 8.15. The van der Waals surface area contributed by atoms with Crippen LogP contribution in [-0.4, -0.2) is 18.2 Å². The Morgan fingerprint density at radius 2 is 1.74 bits per heavy atom. The SMILES string of the molecule is CN1CCCc2c1n(Cc1ccccc1)c1ccccc1c2=O. The maximum Gasteiger partial charge on any atom is 0.194 e. The molecule has 3 nitrogen and oxygen atoms in total. The summed E-state index contributed by atoms with van der Waals surface area (Å²) in [6.45, 7) is 1.79. The average molecular weight is 304 g/mol. The van der Waals surface area contributed by atoms with Crippen LogP contribution in [0.3, 0.4) is 0 Å². The molecule has 0 saturated heterocycles. The predicted octanol–water partition coefficient (Wildman–Crippen LogP) is 3.43. The van der Waals surface area contributed by atoms with E-state index >= 15 is 0 Å². The van der Waals surface area contributed by atoms with Gasteiger partial charge in [-0.1, -0.05) is 42.5 Å². The Kier molecular flexibility index (Phi) is 3.41. The molecule has 1 aliphatic rings. The van der Waals surface area contributed by atoms with Crippen LogP contribution < -0.4 is 10.3 Å². The Labute approximate surface area is 135 Å². The van der Waals surface area contributed by atoms with Gasteiger partial charge in [-0.3, -0.25) is 4.79 Å². The Morgan fingerprint density at radius 3 is 2.57 bits per heavy atom. The van der Waals surface area contributed by atoms with Crippen molar-refractivity contribution >= 4 is 16.7 Å². The zero-order valence-corrected chi connectivity index (χ0v) is 13.3. The molecule has 1 aliphatic heterocycles. The molecule has 0 amide bonds. The van der Waals surface area contributed by atoms with Crippen LogP contribution in [0.1, 0.15) is 17.5 Å². The van der Waals surface area contributed by atoms with Crippen LogP contribution >= 0.6 is 0 Å². The second-order valence-corrected chi connectivity index (χ2v) is 6.25. The highest BCUT2D eigenvalue weighted by atomic mass is 16.1. The Bertz CT molecular complexity index is 912. The van der Waals surface area contributed by atoms with Gasteiger partial charge in [0.25, 0.3) is 0 Å². The fourth-order valence-electron chi connectivity index (χ4n) is 3.63. The number of benzene rings is 2. The minimum atomic E-state index is 0.200. The van der Waals surface area contributed by atoms with Crippen molar-refractivity contribution < 1.29 is 0 Å². The van der Waals surface area contributed by atoms with Gasteiger partial charge in [0.15, 0.2) is 5.43 Å². The molecule has 3 heteroatoms. The van der Waals surface area contributed by atoms with Gasteiger partial charge in [-0.2, -0.15) is 0 Å². The van der Waals surface area contributed by atoms with E-state index in [9.17, 15) is 4.79 Å². The van der Waals surface area contributed by atoms with Gasteiger partial charge in [-0.15, -0.1) is 0 Å². The Hall–Kier alpha value is -2.55. The van der Waals surface area contributed by atoms with E-state index in [1.807, 2.05) is 24.3 Å². The molecule has 0 aliphatic carbocycles. The summed E-state index contributed by atoms with van der Waals surface area (Å²) < 4.78 is 2.31. The first-order chi connectivity index (χ1) is 11.3. The topological polar surface area (TPSA) is 25.2 Å². The first kappa shape index (κ1) is 14.1. The van der Waals surface area contributed by atoms with Gasteiger partial charge in [0.2, 0.25) is 0 Å². The van der Waals surface area contributed by atoms with Crippen LogP contribution in [0, 0.1) is 0 Å². The Morgan fingerprint density at radius 1 is 1.00 bits per heavy atom. The first-order valence-electron chi connectivity index (χ1n) is 8.15. The van der Waals surface area contributed by atoms with Crippen LogP contribution in [0.15, 0.2) is 59.4 Å². The normalized spacial score (nSPS) is 14.0. The molecule has 0 fully saturated rings. The molecular formula is C20H20N2O. The summed E-state index contributed by atoms with van der Waals surface area (Å²) in [5.41, 5.74) is 3.44. The molecule has 2 heterocycles. The lowest BCUT2D eigenvalue weighted by Gasteiger charge is -2.31. The van der Waals surface area contributed by atoms with E-state index in [4.69, 9.17) is 0 Å². The van der Waals surface area contributed by atoms with Gasteiger partial charge >= 0.3 is 0 Å². The summed E-state index contributed by atoms with van der Waals surface area (Å²) in [6.07, 6.45) is 1.92. The lowest BCUT2D eigenvalue weighted by atomic mass is 10.0.